The molecule has 138 valence electrons. The maximum absolute atomic E-state index is 12.9. The van der Waals surface area contributed by atoms with Gasteiger partial charge < -0.3 is 9.84 Å². The summed E-state index contributed by atoms with van der Waals surface area (Å²) in [4.78, 5) is 25.8. The number of carbonyl (C=O) groups is 2. The van der Waals surface area contributed by atoms with Gasteiger partial charge in [-0.15, -0.1) is 0 Å². The van der Waals surface area contributed by atoms with Gasteiger partial charge in [0.1, 0.15) is 10.1 Å². The Labute approximate surface area is 166 Å². The number of para-hydroxylation sites is 1. The van der Waals surface area contributed by atoms with Crippen LogP contribution in [0, 0.1) is 0 Å². The van der Waals surface area contributed by atoms with Gasteiger partial charge in [-0.1, -0.05) is 72.5 Å². The maximum atomic E-state index is 12.9. The molecule has 1 amide bonds. The van der Waals surface area contributed by atoms with E-state index in [-0.39, 0.29) is 11.9 Å². The monoisotopic (exact) mass is 399 g/mol. The zero-order valence-corrected chi connectivity index (χ0v) is 16.1. The van der Waals surface area contributed by atoms with Crippen LogP contribution in [0.5, 0.6) is 5.75 Å². The molecule has 1 fully saturated rings. The van der Waals surface area contributed by atoms with Crippen molar-refractivity contribution >= 4 is 46.3 Å². The van der Waals surface area contributed by atoms with Gasteiger partial charge in [-0.05, 0) is 24.6 Å². The number of carboxylic acid groups (broad SMARTS) is 1. The third-order valence-corrected chi connectivity index (χ3v) is 5.38. The van der Waals surface area contributed by atoms with Crippen LogP contribution in [0.1, 0.15) is 24.1 Å². The van der Waals surface area contributed by atoms with E-state index in [9.17, 15) is 9.59 Å². The molecular weight excluding hydrogens is 382 g/mol. The Kier molecular flexibility index (Phi) is 5.93. The number of aliphatic carboxylic acids is 1. The first-order chi connectivity index (χ1) is 13.0. The number of ether oxygens (including phenoxy) is 1. The fourth-order valence-corrected chi connectivity index (χ4v) is 4.12. The first-order valence-corrected chi connectivity index (χ1v) is 9.45. The van der Waals surface area contributed by atoms with E-state index in [1.807, 2.05) is 37.3 Å². The van der Waals surface area contributed by atoms with Gasteiger partial charge in [0.2, 0.25) is 0 Å². The van der Waals surface area contributed by atoms with Crippen molar-refractivity contribution in [1.82, 2.24) is 4.90 Å². The molecule has 1 aliphatic rings. The average molecular weight is 399 g/mol. The number of thioether (sulfide) groups is 1. The highest BCUT2D eigenvalue weighted by molar-refractivity contribution is 8.26. The molecule has 1 saturated heterocycles. The smallest absolute Gasteiger partial charge is 0.341 e. The van der Waals surface area contributed by atoms with Gasteiger partial charge >= 0.3 is 5.97 Å². The van der Waals surface area contributed by atoms with Crippen LogP contribution < -0.4 is 4.74 Å². The summed E-state index contributed by atoms with van der Waals surface area (Å²) in [5.74, 6) is -0.830. The highest BCUT2D eigenvalue weighted by Gasteiger charge is 2.36. The van der Waals surface area contributed by atoms with Crippen molar-refractivity contribution in [3.05, 3.63) is 70.6 Å². The number of benzene rings is 2. The second kappa shape index (κ2) is 8.37. The summed E-state index contributed by atoms with van der Waals surface area (Å²) in [6.45, 7) is 1.49. The molecule has 1 heterocycles. The van der Waals surface area contributed by atoms with Crippen LogP contribution in [0.15, 0.2) is 59.5 Å². The van der Waals surface area contributed by atoms with Crippen LogP contribution in [0.25, 0.3) is 6.08 Å². The first kappa shape index (κ1) is 19.1. The minimum atomic E-state index is -1.06. The summed E-state index contributed by atoms with van der Waals surface area (Å²) in [7, 11) is 0. The molecular formula is C20H17NO4S2. The van der Waals surface area contributed by atoms with E-state index in [0.717, 1.165) is 5.56 Å². The topological polar surface area (TPSA) is 66.8 Å². The maximum Gasteiger partial charge on any atom is 0.341 e. The number of amides is 1. The third kappa shape index (κ3) is 4.37. The summed E-state index contributed by atoms with van der Waals surface area (Å²) in [6, 6.07) is 16.5. The molecule has 1 atom stereocenters. The summed E-state index contributed by atoms with van der Waals surface area (Å²) in [6.07, 6.45) is 1.69. The van der Waals surface area contributed by atoms with Crippen molar-refractivity contribution in [3.63, 3.8) is 0 Å². The van der Waals surface area contributed by atoms with E-state index in [4.69, 9.17) is 22.1 Å². The molecule has 2 aromatic rings. The summed E-state index contributed by atoms with van der Waals surface area (Å²) < 4.78 is 5.80. The quantitative estimate of drug-likeness (QED) is 0.582. The molecule has 0 bridgehead atoms. The summed E-state index contributed by atoms with van der Waals surface area (Å²) in [5, 5.41) is 8.81. The lowest BCUT2D eigenvalue weighted by Crippen LogP contribution is -2.30. The predicted molar refractivity (Wildman–Crippen MR) is 109 cm³/mol. The van der Waals surface area contributed by atoms with Crippen molar-refractivity contribution in [3.8, 4) is 5.75 Å². The van der Waals surface area contributed by atoms with Gasteiger partial charge in [-0.2, -0.15) is 0 Å². The van der Waals surface area contributed by atoms with Crippen molar-refractivity contribution < 1.29 is 19.4 Å². The lowest BCUT2D eigenvalue weighted by molar-refractivity contribution is -0.139. The normalized spacial score (nSPS) is 16.6. The van der Waals surface area contributed by atoms with Crippen LogP contribution in [0.4, 0.5) is 0 Å². The number of nitrogens with zero attached hydrogens (tertiary/aromatic N) is 1. The molecule has 1 unspecified atom stereocenters. The van der Waals surface area contributed by atoms with E-state index < -0.39 is 12.6 Å². The zero-order chi connectivity index (χ0) is 19.4. The van der Waals surface area contributed by atoms with Gasteiger partial charge in [-0.3, -0.25) is 9.69 Å². The van der Waals surface area contributed by atoms with Gasteiger partial charge in [0.15, 0.2) is 6.61 Å². The van der Waals surface area contributed by atoms with Crippen LogP contribution in [0.3, 0.4) is 0 Å². The van der Waals surface area contributed by atoms with Crippen LogP contribution in [0.2, 0.25) is 0 Å². The number of carbonyl (C=O) groups excluding carboxylic acids is 1. The van der Waals surface area contributed by atoms with Crippen molar-refractivity contribution in [2.75, 3.05) is 6.61 Å². The highest BCUT2D eigenvalue weighted by atomic mass is 32.2. The molecule has 7 heteroatoms. The van der Waals surface area contributed by atoms with Crippen molar-refractivity contribution in [1.29, 1.82) is 0 Å². The lowest BCUT2D eigenvalue weighted by atomic mass is 10.1. The van der Waals surface area contributed by atoms with Crippen LogP contribution >= 0.6 is 24.0 Å². The molecule has 0 aliphatic carbocycles. The summed E-state index contributed by atoms with van der Waals surface area (Å²) in [5.41, 5.74) is 1.63. The molecule has 0 radical (unpaired) electrons. The standard InChI is InChI=1S/C20H17NO4S2/c1-13(14-7-3-2-4-8-14)21-19(24)17(27-20(21)26)11-15-9-5-6-10-16(15)25-12-18(22)23/h2-11,13H,12H2,1H3,(H,22,23)/b17-11+. The molecule has 1 aliphatic heterocycles. The largest absolute Gasteiger partial charge is 0.481 e. The van der Waals surface area contributed by atoms with E-state index in [1.165, 1.54) is 11.8 Å². The highest BCUT2D eigenvalue weighted by Crippen LogP contribution is 2.38. The Hall–Kier alpha value is -2.64. The number of hydrogen-bond donors (Lipinski definition) is 1. The summed E-state index contributed by atoms with van der Waals surface area (Å²) >= 11 is 6.65. The Morgan fingerprint density at radius 1 is 1.22 bits per heavy atom. The second-order valence-electron chi connectivity index (χ2n) is 5.86. The van der Waals surface area contributed by atoms with Crippen LogP contribution in [-0.4, -0.2) is 32.8 Å². The van der Waals surface area contributed by atoms with E-state index >= 15 is 0 Å². The Bertz CT molecular complexity index is 911. The molecule has 0 aromatic heterocycles. The van der Waals surface area contributed by atoms with E-state index in [0.29, 0.717) is 20.5 Å². The first-order valence-electron chi connectivity index (χ1n) is 8.23. The molecule has 27 heavy (non-hydrogen) atoms. The van der Waals surface area contributed by atoms with Gasteiger partial charge in [0.25, 0.3) is 5.91 Å². The van der Waals surface area contributed by atoms with Crippen molar-refractivity contribution in [2.45, 2.75) is 13.0 Å². The number of hydrogen-bond acceptors (Lipinski definition) is 5. The van der Waals surface area contributed by atoms with Gasteiger partial charge in [0, 0.05) is 5.56 Å². The SMILES string of the molecule is CC(c1ccccc1)N1C(=O)/C(=C\c2ccccc2OCC(=O)O)SC1=S. The molecule has 1 N–H and O–H groups in total. The molecule has 5 nitrogen and oxygen atoms in total. The van der Waals surface area contributed by atoms with Crippen molar-refractivity contribution in [2.24, 2.45) is 0 Å². The fraction of sp³-hybridized carbons (Fsp3) is 0.150. The van der Waals surface area contributed by atoms with Gasteiger partial charge in [0.05, 0.1) is 10.9 Å². The van der Waals surface area contributed by atoms with Gasteiger partial charge in [-0.25, -0.2) is 4.79 Å². The van der Waals surface area contributed by atoms with Crippen LogP contribution in [-0.2, 0) is 9.59 Å². The Balaban J connectivity index is 1.86. The zero-order valence-electron chi connectivity index (χ0n) is 14.5. The Morgan fingerprint density at radius 2 is 1.89 bits per heavy atom. The molecule has 2 aromatic carbocycles. The van der Waals surface area contributed by atoms with E-state index in [1.54, 1.807) is 35.2 Å². The Morgan fingerprint density at radius 3 is 2.59 bits per heavy atom. The molecule has 3 rings (SSSR count). The molecule has 0 saturated carbocycles. The minimum absolute atomic E-state index is 0.172. The fourth-order valence-electron chi connectivity index (χ4n) is 2.71. The number of carboxylic acids is 1. The lowest BCUT2D eigenvalue weighted by Gasteiger charge is -2.23. The van der Waals surface area contributed by atoms with E-state index in [2.05, 4.69) is 0 Å². The predicted octanol–water partition coefficient (Wildman–Crippen LogP) is 4.11. The second-order valence-corrected chi connectivity index (χ2v) is 7.53. The number of thiocarbonyl (C=S) groups is 1. The minimum Gasteiger partial charge on any atom is -0.481 e. The third-order valence-electron chi connectivity index (χ3n) is 4.05. The average Bonchev–Trinajstić information content (AvgIpc) is 2.94. The number of rotatable bonds is 6. The molecule has 0 spiro atoms.